The summed E-state index contributed by atoms with van der Waals surface area (Å²) in [6, 6.07) is 8.49. The topological polar surface area (TPSA) is 29.3 Å². The molecule has 0 spiro atoms. The normalized spacial score (nSPS) is 12.2. The molecule has 1 atom stereocenters. The summed E-state index contributed by atoms with van der Waals surface area (Å²) in [5.41, 5.74) is 8.60. The first-order chi connectivity index (χ1) is 7.74. The van der Waals surface area contributed by atoms with Crippen LogP contribution in [0.3, 0.4) is 0 Å². The largest absolute Gasteiger partial charge is 0.368 e. The maximum Gasteiger partial charge on any atom is 0.0417 e. The fourth-order valence-electron chi connectivity index (χ4n) is 1.86. The maximum absolute atomic E-state index is 6.13. The van der Waals surface area contributed by atoms with E-state index in [1.54, 1.807) is 0 Å². The monoisotopic (exact) mass is 218 g/mol. The number of hydrogen-bond acceptors (Lipinski definition) is 2. The average Bonchev–Trinajstić information content (AvgIpc) is 2.35. The molecular weight excluding hydrogens is 196 g/mol. The molecule has 2 heteroatoms. The van der Waals surface area contributed by atoms with Crippen LogP contribution in [0.2, 0.25) is 0 Å². The Bertz CT molecular complexity index is 333. The number of rotatable bonds is 6. The molecule has 1 aromatic carbocycles. The predicted octanol–water partition coefficient (Wildman–Crippen LogP) is 3.11. The van der Waals surface area contributed by atoms with Gasteiger partial charge in [-0.1, -0.05) is 31.2 Å². The molecule has 0 radical (unpaired) electrons. The standard InChI is InChI=1S/C14H22N2/c1-4-11-16(6-3)14-10-8-7-9-12(14)13(15)5-2/h4,7-10,13H,1,5-6,11,15H2,2-3H3. The van der Waals surface area contributed by atoms with Crippen LogP contribution in [-0.2, 0) is 0 Å². The maximum atomic E-state index is 6.13. The summed E-state index contributed by atoms with van der Waals surface area (Å²) >= 11 is 0. The highest BCUT2D eigenvalue weighted by Crippen LogP contribution is 2.26. The van der Waals surface area contributed by atoms with Gasteiger partial charge in [0.15, 0.2) is 0 Å². The van der Waals surface area contributed by atoms with Crippen LogP contribution in [0.25, 0.3) is 0 Å². The predicted molar refractivity (Wildman–Crippen MR) is 71.7 cm³/mol. The lowest BCUT2D eigenvalue weighted by molar-refractivity contribution is 0.693. The van der Waals surface area contributed by atoms with Crippen LogP contribution in [-0.4, -0.2) is 13.1 Å². The van der Waals surface area contributed by atoms with Gasteiger partial charge in [0.25, 0.3) is 0 Å². The lowest BCUT2D eigenvalue weighted by Gasteiger charge is -2.26. The van der Waals surface area contributed by atoms with Gasteiger partial charge in [0.2, 0.25) is 0 Å². The number of para-hydroxylation sites is 1. The van der Waals surface area contributed by atoms with E-state index in [1.165, 1.54) is 11.3 Å². The Balaban J connectivity index is 3.05. The highest BCUT2D eigenvalue weighted by Gasteiger charge is 2.12. The second kappa shape index (κ2) is 6.33. The van der Waals surface area contributed by atoms with Gasteiger partial charge < -0.3 is 10.6 Å². The molecule has 88 valence electrons. The molecule has 0 aromatic heterocycles. The van der Waals surface area contributed by atoms with Crippen molar-refractivity contribution in [3.63, 3.8) is 0 Å². The molecule has 0 aliphatic heterocycles. The van der Waals surface area contributed by atoms with Crippen LogP contribution in [0.15, 0.2) is 36.9 Å². The Hall–Kier alpha value is -1.28. The van der Waals surface area contributed by atoms with Gasteiger partial charge in [-0.3, -0.25) is 0 Å². The van der Waals surface area contributed by atoms with Gasteiger partial charge in [-0.05, 0) is 25.0 Å². The Kier molecular flexibility index (Phi) is 5.06. The third-order valence-corrected chi connectivity index (χ3v) is 2.85. The van der Waals surface area contributed by atoms with Crippen molar-refractivity contribution in [3.05, 3.63) is 42.5 Å². The molecule has 0 amide bonds. The van der Waals surface area contributed by atoms with Crippen molar-refractivity contribution in [1.82, 2.24) is 0 Å². The zero-order valence-corrected chi connectivity index (χ0v) is 10.3. The van der Waals surface area contributed by atoms with E-state index < -0.39 is 0 Å². The lowest BCUT2D eigenvalue weighted by Crippen LogP contribution is -2.25. The SMILES string of the molecule is C=CCN(CC)c1ccccc1C(N)CC. The Morgan fingerprint density at radius 1 is 1.38 bits per heavy atom. The van der Waals surface area contributed by atoms with Crippen molar-refractivity contribution >= 4 is 5.69 Å². The highest BCUT2D eigenvalue weighted by molar-refractivity contribution is 5.55. The minimum absolute atomic E-state index is 0.120. The van der Waals surface area contributed by atoms with Crippen molar-refractivity contribution in [1.29, 1.82) is 0 Å². The van der Waals surface area contributed by atoms with Crippen molar-refractivity contribution in [2.45, 2.75) is 26.3 Å². The van der Waals surface area contributed by atoms with E-state index in [0.717, 1.165) is 19.5 Å². The molecule has 1 unspecified atom stereocenters. The van der Waals surface area contributed by atoms with Gasteiger partial charge in [0.1, 0.15) is 0 Å². The summed E-state index contributed by atoms with van der Waals surface area (Å²) in [4.78, 5) is 2.29. The summed E-state index contributed by atoms with van der Waals surface area (Å²) in [5.74, 6) is 0. The van der Waals surface area contributed by atoms with Crippen molar-refractivity contribution in [2.24, 2.45) is 5.73 Å². The molecule has 2 nitrogen and oxygen atoms in total. The molecule has 1 rings (SSSR count). The van der Waals surface area contributed by atoms with Crippen molar-refractivity contribution in [3.8, 4) is 0 Å². The van der Waals surface area contributed by atoms with E-state index >= 15 is 0 Å². The van der Waals surface area contributed by atoms with E-state index in [-0.39, 0.29) is 6.04 Å². The molecule has 0 bridgehead atoms. The first-order valence-corrected chi connectivity index (χ1v) is 5.94. The molecular formula is C14H22N2. The van der Waals surface area contributed by atoms with Crippen LogP contribution >= 0.6 is 0 Å². The number of likely N-dealkylation sites (N-methyl/N-ethyl adjacent to an activating group) is 1. The number of nitrogens with zero attached hydrogens (tertiary/aromatic N) is 1. The van der Waals surface area contributed by atoms with Crippen molar-refractivity contribution in [2.75, 3.05) is 18.0 Å². The molecule has 0 fully saturated rings. The van der Waals surface area contributed by atoms with Gasteiger partial charge in [0, 0.05) is 24.8 Å². The van der Waals surface area contributed by atoms with Crippen LogP contribution < -0.4 is 10.6 Å². The average molecular weight is 218 g/mol. The van der Waals surface area contributed by atoms with E-state index in [0.29, 0.717) is 0 Å². The molecule has 0 saturated heterocycles. The zero-order chi connectivity index (χ0) is 12.0. The molecule has 0 heterocycles. The van der Waals surface area contributed by atoms with Crippen molar-refractivity contribution < 1.29 is 0 Å². The number of hydrogen-bond donors (Lipinski definition) is 1. The fraction of sp³-hybridized carbons (Fsp3) is 0.429. The first-order valence-electron chi connectivity index (χ1n) is 5.94. The zero-order valence-electron chi connectivity index (χ0n) is 10.3. The van der Waals surface area contributed by atoms with Gasteiger partial charge in [-0.15, -0.1) is 6.58 Å². The van der Waals surface area contributed by atoms with E-state index in [1.807, 2.05) is 6.08 Å². The van der Waals surface area contributed by atoms with Gasteiger partial charge in [-0.25, -0.2) is 0 Å². The van der Waals surface area contributed by atoms with E-state index in [2.05, 4.69) is 49.6 Å². The van der Waals surface area contributed by atoms with Crippen LogP contribution in [0, 0.1) is 0 Å². The van der Waals surface area contributed by atoms with Crippen LogP contribution in [0.5, 0.6) is 0 Å². The van der Waals surface area contributed by atoms with E-state index in [4.69, 9.17) is 5.73 Å². The van der Waals surface area contributed by atoms with Gasteiger partial charge in [0.05, 0.1) is 0 Å². The lowest BCUT2D eigenvalue weighted by atomic mass is 10.0. The van der Waals surface area contributed by atoms with Gasteiger partial charge in [-0.2, -0.15) is 0 Å². The smallest absolute Gasteiger partial charge is 0.0417 e. The molecule has 0 aliphatic carbocycles. The second-order valence-corrected chi connectivity index (χ2v) is 3.90. The number of benzene rings is 1. The molecule has 0 aliphatic rings. The summed E-state index contributed by atoms with van der Waals surface area (Å²) in [5, 5.41) is 0. The third kappa shape index (κ3) is 2.86. The summed E-state index contributed by atoms with van der Waals surface area (Å²) in [6.45, 7) is 9.90. The summed E-state index contributed by atoms with van der Waals surface area (Å²) < 4.78 is 0. The number of anilines is 1. The fourth-order valence-corrected chi connectivity index (χ4v) is 1.86. The third-order valence-electron chi connectivity index (χ3n) is 2.85. The van der Waals surface area contributed by atoms with Crippen LogP contribution in [0.4, 0.5) is 5.69 Å². The Labute approximate surface area is 98.8 Å². The Morgan fingerprint density at radius 3 is 2.62 bits per heavy atom. The van der Waals surface area contributed by atoms with Gasteiger partial charge >= 0.3 is 0 Å². The van der Waals surface area contributed by atoms with Crippen LogP contribution in [0.1, 0.15) is 31.9 Å². The summed E-state index contributed by atoms with van der Waals surface area (Å²) in [6.07, 6.45) is 2.89. The molecule has 0 saturated carbocycles. The first kappa shape index (κ1) is 12.8. The molecule has 2 N–H and O–H groups in total. The Morgan fingerprint density at radius 2 is 2.06 bits per heavy atom. The second-order valence-electron chi connectivity index (χ2n) is 3.90. The quantitative estimate of drug-likeness (QED) is 0.743. The molecule has 16 heavy (non-hydrogen) atoms. The molecule has 1 aromatic rings. The number of nitrogens with two attached hydrogens (primary N) is 1. The minimum Gasteiger partial charge on any atom is -0.368 e. The highest BCUT2D eigenvalue weighted by atomic mass is 15.1. The summed E-state index contributed by atoms with van der Waals surface area (Å²) in [7, 11) is 0. The van der Waals surface area contributed by atoms with E-state index in [9.17, 15) is 0 Å². The minimum atomic E-state index is 0.120.